The van der Waals surface area contributed by atoms with Gasteiger partial charge in [-0.2, -0.15) is 0 Å². The molecule has 2 saturated carbocycles. The van der Waals surface area contributed by atoms with E-state index in [-0.39, 0.29) is 0 Å². The van der Waals surface area contributed by atoms with Gasteiger partial charge in [0.15, 0.2) is 0 Å². The van der Waals surface area contributed by atoms with Crippen LogP contribution in [0.4, 0.5) is 0 Å². The van der Waals surface area contributed by atoms with Gasteiger partial charge in [-0.05, 0) is 43.6 Å². The molecule has 4 unspecified atom stereocenters. The van der Waals surface area contributed by atoms with E-state index in [0.717, 1.165) is 23.8 Å². The molecule has 0 aliphatic heterocycles. The van der Waals surface area contributed by atoms with Crippen LogP contribution in [0.2, 0.25) is 0 Å². The molecule has 17 heavy (non-hydrogen) atoms. The van der Waals surface area contributed by atoms with Crippen molar-refractivity contribution in [1.29, 1.82) is 0 Å². The number of rotatable bonds is 4. The Morgan fingerprint density at radius 2 is 1.82 bits per heavy atom. The second kappa shape index (κ2) is 6.78. The van der Waals surface area contributed by atoms with Gasteiger partial charge in [-0.25, -0.2) is 0 Å². The fourth-order valence-corrected chi connectivity index (χ4v) is 3.86. The zero-order valence-corrected chi connectivity index (χ0v) is 11.9. The molecule has 0 aromatic rings. The molecular formula is C16H31N. The standard InChI is InChI=1S/C16H31N/c1-3-14-8-6-10-16(11-14)17-12-15-9-5-4-7-13(15)2/h13-17H,3-12H2,1-2H3. The monoisotopic (exact) mass is 237 g/mol. The number of nitrogens with one attached hydrogen (secondary N) is 1. The lowest BCUT2D eigenvalue weighted by Gasteiger charge is -2.33. The smallest absolute Gasteiger partial charge is 0.00698 e. The van der Waals surface area contributed by atoms with Crippen LogP contribution in [0.1, 0.15) is 71.6 Å². The van der Waals surface area contributed by atoms with Crippen LogP contribution in [-0.2, 0) is 0 Å². The molecule has 2 aliphatic rings. The first kappa shape index (κ1) is 13.4. The third-order valence-electron chi connectivity index (χ3n) is 5.32. The molecule has 2 aliphatic carbocycles. The van der Waals surface area contributed by atoms with Crippen LogP contribution in [0.15, 0.2) is 0 Å². The Balaban J connectivity index is 1.69. The summed E-state index contributed by atoms with van der Waals surface area (Å²) in [5.74, 6) is 2.93. The maximum absolute atomic E-state index is 3.89. The lowest BCUT2D eigenvalue weighted by atomic mass is 9.79. The van der Waals surface area contributed by atoms with Crippen molar-refractivity contribution >= 4 is 0 Å². The minimum atomic E-state index is 0.836. The summed E-state index contributed by atoms with van der Waals surface area (Å²) in [4.78, 5) is 0. The van der Waals surface area contributed by atoms with E-state index in [1.54, 1.807) is 0 Å². The van der Waals surface area contributed by atoms with Crippen LogP contribution in [-0.4, -0.2) is 12.6 Å². The average Bonchev–Trinajstić information content (AvgIpc) is 2.38. The third-order valence-corrected chi connectivity index (χ3v) is 5.32. The normalized spacial score (nSPS) is 39.2. The van der Waals surface area contributed by atoms with Crippen molar-refractivity contribution in [2.45, 2.75) is 77.7 Å². The largest absolute Gasteiger partial charge is 0.314 e. The SMILES string of the molecule is CCC1CCCC(NCC2CCCCC2C)C1. The van der Waals surface area contributed by atoms with Gasteiger partial charge in [-0.1, -0.05) is 52.4 Å². The molecule has 1 heteroatoms. The first-order valence-corrected chi connectivity index (χ1v) is 8.03. The molecular weight excluding hydrogens is 206 g/mol. The van der Waals surface area contributed by atoms with Crippen molar-refractivity contribution in [3.63, 3.8) is 0 Å². The Hall–Kier alpha value is -0.0400. The highest BCUT2D eigenvalue weighted by Gasteiger charge is 2.24. The van der Waals surface area contributed by atoms with Crippen LogP contribution < -0.4 is 5.32 Å². The summed E-state index contributed by atoms with van der Waals surface area (Å²) in [5.41, 5.74) is 0. The predicted molar refractivity (Wildman–Crippen MR) is 75.2 cm³/mol. The summed E-state index contributed by atoms with van der Waals surface area (Å²) < 4.78 is 0. The average molecular weight is 237 g/mol. The number of hydrogen-bond donors (Lipinski definition) is 1. The second-order valence-corrected chi connectivity index (χ2v) is 6.57. The predicted octanol–water partition coefficient (Wildman–Crippen LogP) is 4.37. The summed E-state index contributed by atoms with van der Waals surface area (Å²) in [5, 5.41) is 3.89. The molecule has 0 amide bonds. The molecule has 1 nitrogen and oxygen atoms in total. The molecule has 100 valence electrons. The minimum Gasteiger partial charge on any atom is -0.314 e. The van der Waals surface area contributed by atoms with Gasteiger partial charge in [0, 0.05) is 6.04 Å². The van der Waals surface area contributed by atoms with Crippen molar-refractivity contribution < 1.29 is 0 Å². The maximum Gasteiger partial charge on any atom is 0.00698 e. The highest BCUT2D eigenvalue weighted by atomic mass is 14.9. The van der Waals surface area contributed by atoms with E-state index in [1.165, 1.54) is 64.3 Å². The van der Waals surface area contributed by atoms with Crippen molar-refractivity contribution in [1.82, 2.24) is 5.32 Å². The summed E-state index contributed by atoms with van der Waals surface area (Å²) >= 11 is 0. The van der Waals surface area contributed by atoms with E-state index < -0.39 is 0 Å². The van der Waals surface area contributed by atoms with Crippen LogP contribution >= 0.6 is 0 Å². The van der Waals surface area contributed by atoms with Crippen LogP contribution in [0, 0.1) is 17.8 Å². The van der Waals surface area contributed by atoms with E-state index in [4.69, 9.17) is 0 Å². The molecule has 2 fully saturated rings. The molecule has 4 atom stereocenters. The molecule has 0 aromatic carbocycles. The highest BCUT2D eigenvalue weighted by molar-refractivity contribution is 4.80. The van der Waals surface area contributed by atoms with Gasteiger partial charge in [0.25, 0.3) is 0 Å². The fourth-order valence-electron chi connectivity index (χ4n) is 3.86. The molecule has 0 spiro atoms. The zero-order valence-electron chi connectivity index (χ0n) is 11.9. The second-order valence-electron chi connectivity index (χ2n) is 6.57. The van der Waals surface area contributed by atoms with Gasteiger partial charge in [-0.15, -0.1) is 0 Å². The van der Waals surface area contributed by atoms with Gasteiger partial charge < -0.3 is 5.32 Å². The summed E-state index contributed by atoms with van der Waals surface area (Å²) in [6, 6.07) is 0.836. The summed E-state index contributed by atoms with van der Waals surface area (Å²) in [6.07, 6.45) is 13.1. The van der Waals surface area contributed by atoms with E-state index in [0.29, 0.717) is 0 Å². The van der Waals surface area contributed by atoms with Crippen LogP contribution in [0.25, 0.3) is 0 Å². The molecule has 0 saturated heterocycles. The van der Waals surface area contributed by atoms with E-state index >= 15 is 0 Å². The van der Waals surface area contributed by atoms with Crippen LogP contribution in [0.3, 0.4) is 0 Å². The van der Waals surface area contributed by atoms with Gasteiger partial charge in [-0.3, -0.25) is 0 Å². The van der Waals surface area contributed by atoms with Gasteiger partial charge in [0.05, 0.1) is 0 Å². The Morgan fingerprint density at radius 1 is 1.00 bits per heavy atom. The topological polar surface area (TPSA) is 12.0 Å². The Labute approximate surface area is 108 Å². The zero-order chi connectivity index (χ0) is 12.1. The highest BCUT2D eigenvalue weighted by Crippen LogP contribution is 2.30. The molecule has 1 N–H and O–H groups in total. The first-order chi connectivity index (χ1) is 8.29. The molecule has 0 aromatic heterocycles. The summed E-state index contributed by atoms with van der Waals surface area (Å²) in [7, 11) is 0. The maximum atomic E-state index is 3.89. The van der Waals surface area contributed by atoms with Gasteiger partial charge in [0.1, 0.15) is 0 Å². The van der Waals surface area contributed by atoms with E-state index in [9.17, 15) is 0 Å². The molecule has 0 heterocycles. The summed E-state index contributed by atoms with van der Waals surface area (Å²) in [6.45, 7) is 6.11. The Kier molecular flexibility index (Phi) is 5.34. The third kappa shape index (κ3) is 3.98. The minimum absolute atomic E-state index is 0.836. The first-order valence-electron chi connectivity index (χ1n) is 8.03. The van der Waals surface area contributed by atoms with Gasteiger partial charge in [0.2, 0.25) is 0 Å². The fraction of sp³-hybridized carbons (Fsp3) is 1.00. The molecule has 2 rings (SSSR count). The molecule has 0 radical (unpaired) electrons. The van der Waals surface area contributed by atoms with E-state index in [2.05, 4.69) is 19.2 Å². The van der Waals surface area contributed by atoms with Gasteiger partial charge >= 0.3 is 0 Å². The number of hydrogen-bond acceptors (Lipinski definition) is 1. The van der Waals surface area contributed by atoms with Crippen molar-refractivity contribution in [2.24, 2.45) is 17.8 Å². The van der Waals surface area contributed by atoms with E-state index in [1.807, 2.05) is 0 Å². The quantitative estimate of drug-likeness (QED) is 0.765. The Morgan fingerprint density at radius 3 is 2.59 bits per heavy atom. The van der Waals surface area contributed by atoms with Crippen molar-refractivity contribution in [3.8, 4) is 0 Å². The van der Waals surface area contributed by atoms with Crippen LogP contribution in [0.5, 0.6) is 0 Å². The van der Waals surface area contributed by atoms with Crippen molar-refractivity contribution in [2.75, 3.05) is 6.54 Å². The van der Waals surface area contributed by atoms with Crippen molar-refractivity contribution in [3.05, 3.63) is 0 Å². The molecule has 0 bridgehead atoms. The Bertz CT molecular complexity index is 214. The lowest BCUT2D eigenvalue weighted by molar-refractivity contribution is 0.217. The lowest BCUT2D eigenvalue weighted by Crippen LogP contribution is -2.39.